The van der Waals surface area contributed by atoms with Gasteiger partial charge in [-0.2, -0.15) is 0 Å². The zero-order valence-corrected chi connectivity index (χ0v) is 13.2. The van der Waals surface area contributed by atoms with Crippen molar-refractivity contribution in [3.8, 4) is 0 Å². The third-order valence-corrected chi connectivity index (χ3v) is 3.74. The maximum absolute atomic E-state index is 12.4. The Bertz CT molecular complexity index is 456. The number of halogens is 2. The maximum atomic E-state index is 12.4. The Morgan fingerprint density at radius 2 is 2.26 bits per heavy atom. The molecule has 4 nitrogen and oxygen atoms in total. The Morgan fingerprint density at radius 3 is 2.89 bits per heavy atom. The largest absolute Gasteiger partial charge is 0.398 e. The second-order valence-electron chi connectivity index (χ2n) is 4.48. The van der Waals surface area contributed by atoms with Crippen LogP contribution in [0.15, 0.2) is 22.7 Å². The van der Waals surface area contributed by atoms with Crippen molar-refractivity contribution in [3.63, 3.8) is 0 Å². The number of nitrogen functional groups attached to an aromatic ring is 1. The van der Waals surface area contributed by atoms with E-state index in [1.807, 2.05) is 11.0 Å². The Morgan fingerprint density at radius 1 is 1.53 bits per heavy atom. The summed E-state index contributed by atoms with van der Waals surface area (Å²) in [6, 6.07) is 5.35. The summed E-state index contributed by atoms with van der Waals surface area (Å²) in [6.45, 7) is 1.42. The van der Waals surface area contributed by atoms with Gasteiger partial charge in [-0.1, -0.05) is 15.9 Å². The molecular formula is C13H18BrClN2O2. The normalized spacial score (nSPS) is 18.8. The van der Waals surface area contributed by atoms with Crippen LogP contribution >= 0.6 is 28.3 Å². The molecule has 1 aliphatic rings. The highest BCUT2D eigenvalue weighted by molar-refractivity contribution is 9.10. The third-order valence-electron chi connectivity index (χ3n) is 3.24. The van der Waals surface area contributed by atoms with E-state index in [-0.39, 0.29) is 24.4 Å². The standard InChI is InChI=1S/C13H17BrN2O2.ClH/c1-18-10-3-2-6-16(8-10)13(17)11-5-4-9(14)7-12(11)15;/h4-5,7,10H,2-3,6,8,15H2,1H3;1H. The Hall–Kier alpha value is -0.780. The number of carbonyl (C=O) groups is 1. The van der Waals surface area contributed by atoms with Crippen molar-refractivity contribution in [2.45, 2.75) is 18.9 Å². The first kappa shape index (κ1) is 16.3. The lowest BCUT2D eigenvalue weighted by molar-refractivity contribution is 0.0269. The van der Waals surface area contributed by atoms with Gasteiger partial charge in [-0.3, -0.25) is 4.79 Å². The lowest BCUT2D eigenvalue weighted by atomic mass is 10.1. The molecule has 2 rings (SSSR count). The van der Waals surface area contributed by atoms with Crippen LogP contribution < -0.4 is 5.73 Å². The molecule has 1 saturated heterocycles. The number of piperidine rings is 1. The molecule has 1 unspecified atom stereocenters. The van der Waals surface area contributed by atoms with Gasteiger partial charge in [0.05, 0.1) is 11.7 Å². The average Bonchev–Trinajstić information content (AvgIpc) is 2.38. The molecule has 1 aliphatic heterocycles. The monoisotopic (exact) mass is 348 g/mol. The molecule has 0 saturated carbocycles. The summed E-state index contributed by atoms with van der Waals surface area (Å²) in [6.07, 6.45) is 2.12. The summed E-state index contributed by atoms with van der Waals surface area (Å²) in [5.74, 6) is -0.0123. The van der Waals surface area contributed by atoms with E-state index in [1.54, 1.807) is 19.2 Å². The number of nitrogens with two attached hydrogens (primary N) is 1. The molecule has 0 bridgehead atoms. The number of nitrogens with zero attached hydrogens (tertiary/aromatic N) is 1. The number of likely N-dealkylation sites (tertiary alicyclic amines) is 1. The van der Waals surface area contributed by atoms with Crippen molar-refractivity contribution in [1.29, 1.82) is 0 Å². The minimum absolute atomic E-state index is 0. The lowest BCUT2D eigenvalue weighted by Gasteiger charge is -2.32. The van der Waals surface area contributed by atoms with Gasteiger partial charge in [0.2, 0.25) is 0 Å². The van der Waals surface area contributed by atoms with Crippen LogP contribution in [-0.2, 0) is 4.74 Å². The number of benzene rings is 1. The summed E-state index contributed by atoms with van der Waals surface area (Å²) in [7, 11) is 1.69. The molecule has 1 amide bonds. The minimum atomic E-state index is -0.0123. The fraction of sp³-hybridized carbons (Fsp3) is 0.462. The van der Waals surface area contributed by atoms with Gasteiger partial charge in [0, 0.05) is 30.4 Å². The highest BCUT2D eigenvalue weighted by Gasteiger charge is 2.25. The topological polar surface area (TPSA) is 55.6 Å². The van der Waals surface area contributed by atoms with Crippen molar-refractivity contribution in [2.24, 2.45) is 0 Å². The molecule has 1 fully saturated rings. The highest BCUT2D eigenvalue weighted by Crippen LogP contribution is 2.22. The Labute approximate surface area is 127 Å². The second-order valence-corrected chi connectivity index (χ2v) is 5.40. The minimum Gasteiger partial charge on any atom is -0.398 e. The first-order valence-corrected chi connectivity index (χ1v) is 6.78. The van der Waals surface area contributed by atoms with E-state index >= 15 is 0 Å². The molecule has 0 aromatic heterocycles. The van der Waals surface area contributed by atoms with Gasteiger partial charge in [-0.25, -0.2) is 0 Å². The smallest absolute Gasteiger partial charge is 0.256 e. The predicted molar refractivity (Wildman–Crippen MR) is 81.7 cm³/mol. The van der Waals surface area contributed by atoms with Crippen LogP contribution in [0.4, 0.5) is 5.69 Å². The number of anilines is 1. The van der Waals surface area contributed by atoms with Gasteiger partial charge in [0.1, 0.15) is 0 Å². The summed E-state index contributed by atoms with van der Waals surface area (Å²) in [4.78, 5) is 14.2. The molecule has 0 spiro atoms. The number of rotatable bonds is 2. The van der Waals surface area contributed by atoms with E-state index in [0.717, 1.165) is 23.9 Å². The Balaban J connectivity index is 0.00000180. The third kappa shape index (κ3) is 3.84. The van der Waals surface area contributed by atoms with Crippen molar-refractivity contribution in [1.82, 2.24) is 4.90 Å². The maximum Gasteiger partial charge on any atom is 0.256 e. The molecule has 2 N–H and O–H groups in total. The van der Waals surface area contributed by atoms with Crippen molar-refractivity contribution >= 4 is 39.9 Å². The van der Waals surface area contributed by atoms with Crippen LogP contribution in [0.1, 0.15) is 23.2 Å². The van der Waals surface area contributed by atoms with E-state index in [9.17, 15) is 4.79 Å². The first-order valence-electron chi connectivity index (χ1n) is 5.99. The quantitative estimate of drug-likeness (QED) is 0.835. The zero-order chi connectivity index (χ0) is 13.1. The lowest BCUT2D eigenvalue weighted by Crippen LogP contribution is -2.43. The molecule has 1 aromatic carbocycles. The van der Waals surface area contributed by atoms with E-state index in [0.29, 0.717) is 17.8 Å². The predicted octanol–water partition coefficient (Wildman–Crippen LogP) is 2.70. The number of methoxy groups -OCH3 is 1. The van der Waals surface area contributed by atoms with Crippen molar-refractivity contribution in [3.05, 3.63) is 28.2 Å². The van der Waals surface area contributed by atoms with Crippen LogP contribution in [-0.4, -0.2) is 37.1 Å². The fourth-order valence-corrected chi connectivity index (χ4v) is 2.59. The van der Waals surface area contributed by atoms with Crippen LogP contribution in [0.5, 0.6) is 0 Å². The van der Waals surface area contributed by atoms with Crippen LogP contribution in [0.2, 0.25) is 0 Å². The highest BCUT2D eigenvalue weighted by atomic mass is 79.9. The summed E-state index contributed by atoms with van der Waals surface area (Å²) in [5, 5.41) is 0. The van der Waals surface area contributed by atoms with Crippen LogP contribution in [0.25, 0.3) is 0 Å². The van der Waals surface area contributed by atoms with Gasteiger partial charge in [-0.15, -0.1) is 12.4 Å². The van der Waals surface area contributed by atoms with E-state index in [2.05, 4.69) is 15.9 Å². The van der Waals surface area contributed by atoms with Crippen LogP contribution in [0.3, 0.4) is 0 Å². The second kappa shape index (κ2) is 7.12. The molecule has 19 heavy (non-hydrogen) atoms. The number of hydrogen-bond donors (Lipinski definition) is 1. The fourth-order valence-electron chi connectivity index (χ4n) is 2.21. The van der Waals surface area contributed by atoms with E-state index in [1.165, 1.54) is 0 Å². The molecule has 1 aromatic rings. The number of ether oxygens (including phenoxy) is 1. The molecule has 6 heteroatoms. The van der Waals surface area contributed by atoms with Gasteiger partial charge in [-0.05, 0) is 31.0 Å². The van der Waals surface area contributed by atoms with E-state index in [4.69, 9.17) is 10.5 Å². The zero-order valence-electron chi connectivity index (χ0n) is 10.8. The number of amides is 1. The van der Waals surface area contributed by atoms with Crippen molar-refractivity contribution < 1.29 is 9.53 Å². The number of carbonyl (C=O) groups excluding carboxylic acids is 1. The molecule has 1 heterocycles. The molecular weight excluding hydrogens is 332 g/mol. The summed E-state index contributed by atoms with van der Waals surface area (Å²) >= 11 is 3.34. The van der Waals surface area contributed by atoms with Gasteiger partial charge >= 0.3 is 0 Å². The summed E-state index contributed by atoms with van der Waals surface area (Å²) < 4.78 is 6.20. The average molecular weight is 350 g/mol. The molecule has 0 radical (unpaired) electrons. The number of hydrogen-bond acceptors (Lipinski definition) is 3. The summed E-state index contributed by atoms with van der Waals surface area (Å²) in [5.41, 5.74) is 6.96. The molecule has 1 atom stereocenters. The molecule has 0 aliphatic carbocycles. The Kier molecular flexibility index (Phi) is 6.10. The SMILES string of the molecule is COC1CCCN(C(=O)c2ccc(Br)cc2N)C1.Cl. The van der Waals surface area contributed by atoms with Gasteiger partial charge < -0.3 is 15.4 Å². The van der Waals surface area contributed by atoms with Crippen LogP contribution in [0, 0.1) is 0 Å². The first-order chi connectivity index (χ1) is 8.61. The molecule has 106 valence electrons. The van der Waals surface area contributed by atoms with E-state index < -0.39 is 0 Å². The van der Waals surface area contributed by atoms with Gasteiger partial charge in [0.25, 0.3) is 5.91 Å². The van der Waals surface area contributed by atoms with Crippen molar-refractivity contribution in [2.75, 3.05) is 25.9 Å². The van der Waals surface area contributed by atoms with Gasteiger partial charge in [0.15, 0.2) is 0 Å².